The van der Waals surface area contributed by atoms with Crippen LogP contribution in [0.15, 0.2) is 24.3 Å². The van der Waals surface area contributed by atoms with E-state index in [0.717, 1.165) is 38.5 Å². The molecule has 0 aromatic heterocycles. The maximum Gasteiger partial charge on any atom is 0.249 e. The summed E-state index contributed by atoms with van der Waals surface area (Å²) in [7, 11) is 0. The monoisotopic (exact) mass is 1050 g/mol. The number of amides is 1. The van der Waals surface area contributed by atoms with Gasteiger partial charge < -0.3 is 50.5 Å². The Morgan fingerprint density at radius 1 is 0.459 bits per heavy atom. The van der Waals surface area contributed by atoms with Crippen molar-refractivity contribution < 1.29 is 50.0 Å². The Hall–Kier alpha value is -1.41. The largest absolute Gasteiger partial charge is 0.394 e. The minimum atomic E-state index is -1.67. The number of nitrogens with one attached hydrogen (secondary N) is 1. The van der Waals surface area contributed by atoms with Crippen molar-refractivity contribution in [1.82, 2.24) is 5.32 Å². The van der Waals surface area contributed by atoms with Crippen molar-refractivity contribution in [3.8, 4) is 0 Å². The lowest BCUT2D eigenvalue weighted by molar-refractivity contribution is -0.303. The molecule has 8 N–H and O–H groups in total. The first-order valence-corrected chi connectivity index (χ1v) is 31.7. The van der Waals surface area contributed by atoms with Gasteiger partial charge in [-0.05, 0) is 51.4 Å². The Balaban J connectivity index is 2.27. The molecule has 0 aromatic carbocycles. The van der Waals surface area contributed by atoms with Crippen LogP contribution in [0.4, 0.5) is 0 Å². The molecular formula is C63H121NO10. The van der Waals surface area contributed by atoms with Crippen LogP contribution in [-0.2, 0) is 14.3 Å². The van der Waals surface area contributed by atoms with Crippen LogP contribution in [0.5, 0.6) is 0 Å². The van der Waals surface area contributed by atoms with Gasteiger partial charge >= 0.3 is 0 Å². The fraction of sp³-hybridized carbons (Fsp3) is 0.921. The Bertz CT molecular complexity index is 1250. The highest BCUT2D eigenvalue weighted by Crippen LogP contribution is 2.24. The molecule has 9 atom stereocenters. The molecule has 0 spiro atoms. The topological polar surface area (TPSA) is 189 Å². The highest BCUT2D eigenvalue weighted by molar-refractivity contribution is 5.80. The van der Waals surface area contributed by atoms with Crippen LogP contribution < -0.4 is 5.32 Å². The zero-order valence-electron chi connectivity index (χ0n) is 48.1. The van der Waals surface area contributed by atoms with Gasteiger partial charge in [-0.1, -0.05) is 276 Å². The van der Waals surface area contributed by atoms with E-state index in [1.165, 1.54) is 218 Å². The van der Waals surface area contributed by atoms with Crippen LogP contribution in [-0.4, -0.2) is 110 Å². The molecule has 0 aliphatic carbocycles. The number of ether oxygens (including phenoxy) is 2. The molecule has 1 aliphatic rings. The molecule has 9 unspecified atom stereocenters. The van der Waals surface area contributed by atoms with Gasteiger partial charge in [-0.2, -0.15) is 0 Å². The second-order valence-electron chi connectivity index (χ2n) is 22.5. The van der Waals surface area contributed by atoms with Gasteiger partial charge in [-0.15, -0.1) is 0 Å². The van der Waals surface area contributed by atoms with E-state index in [1.54, 1.807) is 0 Å². The van der Waals surface area contributed by atoms with Crippen molar-refractivity contribution in [2.75, 3.05) is 13.2 Å². The lowest BCUT2D eigenvalue weighted by Crippen LogP contribution is -2.60. The zero-order valence-corrected chi connectivity index (χ0v) is 48.1. The highest BCUT2D eigenvalue weighted by Gasteiger charge is 2.44. The molecule has 438 valence electrons. The van der Waals surface area contributed by atoms with E-state index in [0.29, 0.717) is 19.3 Å². The third-order valence-corrected chi connectivity index (χ3v) is 15.5. The van der Waals surface area contributed by atoms with Crippen molar-refractivity contribution in [2.24, 2.45) is 0 Å². The maximum absolute atomic E-state index is 13.2. The fourth-order valence-corrected chi connectivity index (χ4v) is 10.3. The predicted molar refractivity (Wildman–Crippen MR) is 307 cm³/mol. The molecule has 11 heteroatoms. The zero-order chi connectivity index (χ0) is 54.0. The summed E-state index contributed by atoms with van der Waals surface area (Å²) in [6.07, 6.45) is 52.5. The molecule has 1 rings (SSSR count). The van der Waals surface area contributed by atoms with Gasteiger partial charge in [0.05, 0.1) is 25.4 Å². The van der Waals surface area contributed by atoms with E-state index >= 15 is 0 Å². The van der Waals surface area contributed by atoms with Gasteiger partial charge in [0.2, 0.25) is 5.91 Å². The van der Waals surface area contributed by atoms with E-state index < -0.39 is 74.2 Å². The molecule has 1 saturated heterocycles. The van der Waals surface area contributed by atoms with Gasteiger partial charge in [-0.3, -0.25) is 4.79 Å². The summed E-state index contributed by atoms with van der Waals surface area (Å²) in [4.78, 5) is 13.2. The van der Waals surface area contributed by atoms with Crippen molar-refractivity contribution in [3.05, 3.63) is 24.3 Å². The lowest BCUT2D eigenvalue weighted by Gasteiger charge is -2.40. The van der Waals surface area contributed by atoms with E-state index in [9.17, 15) is 40.5 Å². The van der Waals surface area contributed by atoms with Crippen LogP contribution in [0.1, 0.15) is 303 Å². The molecule has 1 amide bonds. The first kappa shape index (κ1) is 70.6. The Kier molecular flexibility index (Phi) is 49.9. The number of carbonyl (C=O) groups is 1. The normalized spacial score (nSPS) is 19.9. The average molecular weight is 1050 g/mol. The highest BCUT2D eigenvalue weighted by atomic mass is 16.7. The Morgan fingerprint density at radius 3 is 1.20 bits per heavy atom. The smallest absolute Gasteiger partial charge is 0.249 e. The molecule has 0 bridgehead atoms. The summed E-state index contributed by atoms with van der Waals surface area (Å²) < 4.78 is 11.2. The van der Waals surface area contributed by atoms with Crippen molar-refractivity contribution in [2.45, 2.75) is 358 Å². The molecular weight excluding hydrogens is 931 g/mol. The second kappa shape index (κ2) is 52.3. The number of aliphatic hydroxyl groups excluding tert-OH is 7. The summed E-state index contributed by atoms with van der Waals surface area (Å²) in [5, 5.41) is 76.3. The van der Waals surface area contributed by atoms with Crippen LogP contribution >= 0.6 is 0 Å². The third-order valence-electron chi connectivity index (χ3n) is 15.5. The minimum Gasteiger partial charge on any atom is -0.394 e. The number of rotatable bonds is 55. The molecule has 11 nitrogen and oxygen atoms in total. The number of allylic oxidation sites excluding steroid dienone is 4. The summed E-state index contributed by atoms with van der Waals surface area (Å²) in [5.41, 5.74) is 0. The van der Waals surface area contributed by atoms with E-state index in [2.05, 4.69) is 43.5 Å². The lowest BCUT2D eigenvalue weighted by atomic mass is 9.98. The number of carbonyl (C=O) groups excluding carboxylic acids is 1. The van der Waals surface area contributed by atoms with Gasteiger partial charge in [0.15, 0.2) is 6.29 Å². The predicted octanol–water partition coefficient (Wildman–Crippen LogP) is 14.1. The number of unbranched alkanes of at least 4 members (excludes halogenated alkanes) is 39. The Labute approximate surface area is 454 Å². The molecule has 0 radical (unpaired) electrons. The minimum absolute atomic E-state index is 0.249. The summed E-state index contributed by atoms with van der Waals surface area (Å²) in [5.74, 6) is -0.704. The molecule has 0 saturated carbocycles. The average Bonchev–Trinajstić information content (AvgIpc) is 3.40. The number of aliphatic hydroxyl groups is 7. The van der Waals surface area contributed by atoms with Gasteiger partial charge in [0.1, 0.15) is 36.6 Å². The number of hydrogen-bond acceptors (Lipinski definition) is 10. The SMILES string of the molecule is CCCCCCCCCCCCCC/C=C/CC/C=C/CCCC(O)C(O)C(COC1OC(CO)C(O)C(O)C1O)NC(=O)C(O)CCCCCCCCCCCCCCCCCCCCCCCCCCCC. The van der Waals surface area contributed by atoms with Crippen molar-refractivity contribution in [1.29, 1.82) is 0 Å². The molecule has 1 aliphatic heterocycles. The first-order chi connectivity index (χ1) is 36.2. The van der Waals surface area contributed by atoms with E-state index in [-0.39, 0.29) is 12.8 Å². The molecule has 0 aromatic rings. The standard InChI is InChI=1S/C63H121NO10/c1-3-5-7-9-11-13-15-17-19-21-23-25-26-27-28-29-31-33-35-37-39-41-43-45-47-49-51-56(67)62(72)64-54(53-73-63-61(71)60(70)59(69)57(52-65)74-63)58(68)55(66)50-48-46-44-42-40-38-36-34-32-30-24-22-20-18-16-14-12-10-8-6-4-2/h34,36,42,44,54-61,63,65-71H,3-33,35,37-41,43,45-53H2,1-2H3,(H,64,72)/b36-34+,44-42+. The van der Waals surface area contributed by atoms with Crippen LogP contribution in [0, 0.1) is 0 Å². The summed E-state index contributed by atoms with van der Waals surface area (Å²) in [6.45, 7) is 3.48. The summed E-state index contributed by atoms with van der Waals surface area (Å²) in [6, 6.07) is -1.19. The number of hydrogen-bond donors (Lipinski definition) is 8. The van der Waals surface area contributed by atoms with E-state index in [4.69, 9.17) is 9.47 Å². The van der Waals surface area contributed by atoms with Gasteiger partial charge in [0, 0.05) is 0 Å². The fourth-order valence-electron chi connectivity index (χ4n) is 10.3. The van der Waals surface area contributed by atoms with Crippen LogP contribution in [0.3, 0.4) is 0 Å². The van der Waals surface area contributed by atoms with E-state index in [1.807, 2.05) is 0 Å². The molecule has 1 fully saturated rings. The van der Waals surface area contributed by atoms with Crippen molar-refractivity contribution in [3.63, 3.8) is 0 Å². The van der Waals surface area contributed by atoms with Gasteiger partial charge in [-0.25, -0.2) is 0 Å². The first-order valence-electron chi connectivity index (χ1n) is 31.7. The molecule has 74 heavy (non-hydrogen) atoms. The third kappa shape index (κ3) is 39.9. The van der Waals surface area contributed by atoms with Gasteiger partial charge in [0.25, 0.3) is 0 Å². The van der Waals surface area contributed by atoms with Crippen LogP contribution in [0.2, 0.25) is 0 Å². The van der Waals surface area contributed by atoms with Crippen molar-refractivity contribution >= 4 is 5.91 Å². The second-order valence-corrected chi connectivity index (χ2v) is 22.5. The molecule has 1 heterocycles. The Morgan fingerprint density at radius 2 is 0.811 bits per heavy atom. The van der Waals surface area contributed by atoms with Crippen LogP contribution in [0.25, 0.3) is 0 Å². The quantitative estimate of drug-likeness (QED) is 0.0215. The maximum atomic E-state index is 13.2. The summed E-state index contributed by atoms with van der Waals surface area (Å²) >= 11 is 0.